The van der Waals surface area contributed by atoms with Gasteiger partial charge < -0.3 is 16.4 Å². The number of rotatable bonds is 5. The molecule has 4 nitrogen and oxygen atoms in total. The molecule has 104 valence electrons. The molecule has 1 saturated carbocycles. The number of benzene rings is 1. The van der Waals surface area contributed by atoms with Crippen molar-refractivity contribution in [3.63, 3.8) is 0 Å². The van der Waals surface area contributed by atoms with E-state index in [0.717, 1.165) is 12.8 Å². The highest BCUT2D eigenvalue weighted by Gasteiger charge is 2.25. The molecule has 1 aromatic rings. The number of nitrogens with one attached hydrogen (secondary N) is 2. The Morgan fingerprint density at radius 3 is 2.89 bits per heavy atom. The van der Waals surface area contributed by atoms with E-state index in [1.54, 1.807) is 12.1 Å². The Labute approximate surface area is 116 Å². The van der Waals surface area contributed by atoms with Crippen molar-refractivity contribution in [3.8, 4) is 0 Å². The summed E-state index contributed by atoms with van der Waals surface area (Å²) in [6.45, 7) is 0.358. The minimum absolute atomic E-state index is 0.0633. The molecular formula is C13H17ClFN3O. The van der Waals surface area contributed by atoms with Gasteiger partial charge in [-0.25, -0.2) is 4.39 Å². The van der Waals surface area contributed by atoms with Crippen LogP contribution in [0.4, 0.5) is 4.39 Å². The average molecular weight is 286 g/mol. The molecule has 0 bridgehead atoms. The molecule has 1 aromatic carbocycles. The number of halogens is 2. The van der Waals surface area contributed by atoms with Crippen molar-refractivity contribution < 1.29 is 9.18 Å². The van der Waals surface area contributed by atoms with E-state index in [0.29, 0.717) is 11.6 Å². The lowest BCUT2D eigenvalue weighted by molar-refractivity contribution is -0.120. The SMILES string of the molecule is N[C@H]1C[C@H](NCC(=O)NCc2cccc(Cl)c2F)C1. The topological polar surface area (TPSA) is 67.1 Å². The molecule has 0 radical (unpaired) electrons. The van der Waals surface area contributed by atoms with Crippen molar-refractivity contribution in [1.82, 2.24) is 10.6 Å². The van der Waals surface area contributed by atoms with Crippen LogP contribution >= 0.6 is 11.6 Å². The van der Waals surface area contributed by atoms with Gasteiger partial charge in [-0.3, -0.25) is 4.79 Å². The fraction of sp³-hybridized carbons (Fsp3) is 0.462. The van der Waals surface area contributed by atoms with Gasteiger partial charge >= 0.3 is 0 Å². The second-order valence-electron chi connectivity index (χ2n) is 4.80. The Bertz CT molecular complexity index is 463. The lowest BCUT2D eigenvalue weighted by Gasteiger charge is -2.32. The molecule has 0 heterocycles. The lowest BCUT2D eigenvalue weighted by Crippen LogP contribution is -2.50. The summed E-state index contributed by atoms with van der Waals surface area (Å²) in [5.41, 5.74) is 6.03. The fourth-order valence-electron chi connectivity index (χ4n) is 2.01. The van der Waals surface area contributed by atoms with Crippen LogP contribution in [0.3, 0.4) is 0 Å². The van der Waals surface area contributed by atoms with Crippen LogP contribution in [0.5, 0.6) is 0 Å². The molecule has 1 aliphatic carbocycles. The van der Waals surface area contributed by atoms with Crippen LogP contribution in [0.15, 0.2) is 18.2 Å². The van der Waals surface area contributed by atoms with E-state index in [1.165, 1.54) is 6.07 Å². The van der Waals surface area contributed by atoms with Gasteiger partial charge in [0.15, 0.2) is 0 Å². The molecule has 1 fully saturated rings. The highest BCUT2D eigenvalue weighted by atomic mass is 35.5. The van der Waals surface area contributed by atoms with E-state index in [9.17, 15) is 9.18 Å². The zero-order chi connectivity index (χ0) is 13.8. The first kappa shape index (κ1) is 14.2. The Morgan fingerprint density at radius 1 is 1.47 bits per heavy atom. The van der Waals surface area contributed by atoms with Gasteiger partial charge in [-0.15, -0.1) is 0 Å². The second-order valence-corrected chi connectivity index (χ2v) is 5.21. The molecule has 0 unspecified atom stereocenters. The first-order valence-electron chi connectivity index (χ1n) is 6.25. The monoisotopic (exact) mass is 285 g/mol. The zero-order valence-corrected chi connectivity index (χ0v) is 11.2. The van der Waals surface area contributed by atoms with Crippen LogP contribution in [0, 0.1) is 5.82 Å². The van der Waals surface area contributed by atoms with Crippen LogP contribution < -0.4 is 16.4 Å². The van der Waals surface area contributed by atoms with Gasteiger partial charge in [-0.1, -0.05) is 23.7 Å². The van der Waals surface area contributed by atoms with Crippen molar-refractivity contribution in [2.45, 2.75) is 31.5 Å². The van der Waals surface area contributed by atoms with E-state index in [1.807, 2.05) is 0 Å². The van der Waals surface area contributed by atoms with Gasteiger partial charge in [-0.05, 0) is 18.9 Å². The average Bonchev–Trinajstić information content (AvgIpc) is 2.35. The maximum Gasteiger partial charge on any atom is 0.234 e. The number of carbonyl (C=O) groups excluding carboxylic acids is 1. The van der Waals surface area contributed by atoms with Crippen molar-refractivity contribution in [2.75, 3.05) is 6.54 Å². The molecule has 6 heteroatoms. The molecule has 19 heavy (non-hydrogen) atoms. The summed E-state index contributed by atoms with van der Waals surface area (Å²) >= 11 is 5.66. The van der Waals surface area contributed by atoms with Gasteiger partial charge in [0, 0.05) is 24.2 Å². The van der Waals surface area contributed by atoms with Gasteiger partial charge in [0.05, 0.1) is 11.6 Å². The number of hydrogen-bond acceptors (Lipinski definition) is 3. The van der Waals surface area contributed by atoms with Crippen molar-refractivity contribution in [3.05, 3.63) is 34.6 Å². The Balaban J connectivity index is 1.72. The standard InChI is InChI=1S/C13H17ClFN3O/c14-11-3-1-2-8(13(11)15)6-18-12(19)7-17-10-4-9(16)5-10/h1-3,9-10,17H,4-7,16H2,(H,18,19)/t9-,10-. The summed E-state index contributed by atoms with van der Waals surface area (Å²) in [6, 6.07) is 5.30. The number of carbonyl (C=O) groups is 1. The van der Waals surface area contributed by atoms with E-state index >= 15 is 0 Å². The van der Waals surface area contributed by atoms with Crippen molar-refractivity contribution in [1.29, 1.82) is 0 Å². The minimum Gasteiger partial charge on any atom is -0.351 e. The Kier molecular flexibility index (Phi) is 4.74. The van der Waals surface area contributed by atoms with Crippen molar-refractivity contribution >= 4 is 17.5 Å². The van der Waals surface area contributed by atoms with E-state index in [-0.39, 0.29) is 30.1 Å². The Morgan fingerprint density at radius 2 is 2.21 bits per heavy atom. The van der Waals surface area contributed by atoms with E-state index in [4.69, 9.17) is 17.3 Å². The first-order valence-corrected chi connectivity index (χ1v) is 6.62. The highest BCUT2D eigenvalue weighted by Crippen LogP contribution is 2.18. The molecule has 0 spiro atoms. The van der Waals surface area contributed by atoms with Gasteiger partial charge in [0.25, 0.3) is 0 Å². The number of nitrogens with two attached hydrogens (primary N) is 1. The third-order valence-electron chi connectivity index (χ3n) is 3.23. The lowest BCUT2D eigenvalue weighted by atomic mass is 9.88. The van der Waals surface area contributed by atoms with Crippen molar-refractivity contribution in [2.24, 2.45) is 5.73 Å². The maximum atomic E-state index is 13.6. The summed E-state index contributed by atoms with van der Waals surface area (Å²) < 4.78 is 13.6. The normalized spacial score (nSPS) is 21.8. The minimum atomic E-state index is -0.484. The number of hydrogen-bond donors (Lipinski definition) is 3. The van der Waals surface area contributed by atoms with Crippen LogP contribution in [0.25, 0.3) is 0 Å². The summed E-state index contributed by atoms with van der Waals surface area (Å²) in [4.78, 5) is 11.6. The van der Waals surface area contributed by atoms with E-state index < -0.39 is 5.82 Å². The molecule has 0 aromatic heterocycles. The molecule has 4 N–H and O–H groups in total. The molecule has 0 atom stereocenters. The molecule has 2 rings (SSSR count). The van der Waals surface area contributed by atoms with Crippen LogP contribution in [-0.2, 0) is 11.3 Å². The zero-order valence-electron chi connectivity index (χ0n) is 10.5. The molecular weight excluding hydrogens is 269 g/mol. The third-order valence-corrected chi connectivity index (χ3v) is 3.53. The van der Waals surface area contributed by atoms with E-state index in [2.05, 4.69) is 10.6 Å². The second kappa shape index (κ2) is 6.32. The third kappa shape index (κ3) is 3.89. The summed E-state index contributed by atoms with van der Waals surface area (Å²) in [6.07, 6.45) is 1.80. The van der Waals surface area contributed by atoms with Crippen LogP contribution in [0.1, 0.15) is 18.4 Å². The van der Waals surface area contributed by atoms with Gasteiger partial charge in [-0.2, -0.15) is 0 Å². The molecule has 1 aliphatic rings. The smallest absolute Gasteiger partial charge is 0.234 e. The summed E-state index contributed by atoms with van der Waals surface area (Å²) in [5.74, 6) is -0.651. The quantitative estimate of drug-likeness (QED) is 0.761. The van der Waals surface area contributed by atoms with Gasteiger partial charge in [0.1, 0.15) is 5.82 Å². The summed E-state index contributed by atoms with van der Waals surface area (Å²) in [7, 11) is 0. The van der Waals surface area contributed by atoms with Crippen LogP contribution in [-0.4, -0.2) is 24.5 Å². The predicted molar refractivity (Wildman–Crippen MR) is 72.3 cm³/mol. The van der Waals surface area contributed by atoms with Gasteiger partial charge in [0.2, 0.25) is 5.91 Å². The van der Waals surface area contributed by atoms with Crippen LogP contribution in [0.2, 0.25) is 5.02 Å². The summed E-state index contributed by atoms with van der Waals surface area (Å²) in [5, 5.41) is 5.81. The fourth-order valence-corrected chi connectivity index (χ4v) is 2.20. The maximum absolute atomic E-state index is 13.6. The first-order chi connectivity index (χ1) is 9.06. The molecule has 1 amide bonds. The number of amides is 1. The largest absolute Gasteiger partial charge is 0.351 e. The Hall–Kier alpha value is -1.17. The predicted octanol–water partition coefficient (Wildman–Crippen LogP) is 1.17. The molecule has 0 saturated heterocycles. The molecule has 0 aliphatic heterocycles. The highest BCUT2D eigenvalue weighted by molar-refractivity contribution is 6.30.